The smallest absolute Gasteiger partial charge is 0.337 e. The molecular weight excluding hydrogens is 386 g/mol. The number of aromatic nitrogens is 2. The molecule has 0 aliphatic carbocycles. The molecule has 0 saturated heterocycles. The van der Waals surface area contributed by atoms with Crippen molar-refractivity contribution in [3.05, 3.63) is 41.2 Å². The molecule has 1 heterocycles. The number of aromatic amines is 1. The lowest BCUT2D eigenvalue weighted by atomic mass is 10.0. The van der Waals surface area contributed by atoms with Crippen molar-refractivity contribution in [2.75, 3.05) is 20.2 Å². The Morgan fingerprint density at radius 3 is 2.37 bits per heavy atom. The number of nitrogens with zero attached hydrogens (tertiary/aromatic N) is 2. The van der Waals surface area contributed by atoms with Crippen LogP contribution in [0.25, 0.3) is 11.4 Å². The van der Waals surface area contributed by atoms with Gasteiger partial charge in [0.15, 0.2) is 0 Å². The lowest BCUT2D eigenvalue weighted by Gasteiger charge is -2.22. The molecule has 0 unspecified atom stereocenters. The van der Waals surface area contributed by atoms with E-state index in [4.69, 9.17) is 0 Å². The van der Waals surface area contributed by atoms with Gasteiger partial charge in [0.2, 0.25) is 5.91 Å². The number of carbonyl (C=O) groups excluding carboxylic acids is 2. The molecule has 1 aromatic carbocycles. The Morgan fingerprint density at radius 2 is 1.80 bits per heavy atom. The first-order valence-corrected chi connectivity index (χ1v) is 10.2. The minimum absolute atomic E-state index is 0.0200. The second kappa shape index (κ2) is 11.1. The highest BCUT2D eigenvalue weighted by atomic mass is 16.5. The highest BCUT2D eigenvalue weighted by Gasteiger charge is 2.19. The minimum atomic E-state index is -1.19. The molecule has 0 aliphatic heterocycles. The number of methoxy groups -OCH3 is 1. The summed E-state index contributed by atoms with van der Waals surface area (Å²) in [7, 11) is 1.23. The van der Waals surface area contributed by atoms with E-state index in [0.717, 1.165) is 38.8 Å². The Hall–Kier alpha value is -3.16. The number of unbranched alkanes of at least 4 members (excludes halogenated alkanes) is 2. The summed E-state index contributed by atoms with van der Waals surface area (Å²) in [6.07, 6.45) is 5.66. The first-order valence-electron chi connectivity index (χ1n) is 10.2. The zero-order valence-corrected chi connectivity index (χ0v) is 17.7. The third-order valence-corrected chi connectivity index (χ3v) is 4.81. The highest BCUT2D eigenvalue weighted by molar-refractivity contribution is 5.99. The zero-order chi connectivity index (χ0) is 22.1. The molecule has 0 atom stereocenters. The fraction of sp³-hybridized carbons (Fsp3) is 0.455. The van der Waals surface area contributed by atoms with Crippen LogP contribution in [-0.4, -0.2) is 58.0 Å². The maximum Gasteiger partial charge on any atom is 0.337 e. The van der Waals surface area contributed by atoms with E-state index in [9.17, 15) is 19.5 Å². The van der Waals surface area contributed by atoms with E-state index in [-0.39, 0.29) is 23.5 Å². The number of imidazole rings is 1. The quantitative estimate of drug-likeness (QED) is 0.543. The molecule has 8 nitrogen and oxygen atoms in total. The first kappa shape index (κ1) is 23.1. The van der Waals surface area contributed by atoms with Crippen molar-refractivity contribution in [2.45, 2.75) is 46.0 Å². The second-order valence-corrected chi connectivity index (χ2v) is 7.08. The maximum absolute atomic E-state index is 12.7. The summed E-state index contributed by atoms with van der Waals surface area (Å²) >= 11 is 0. The number of hydrogen-bond donors (Lipinski definition) is 2. The summed E-state index contributed by atoms with van der Waals surface area (Å²) in [5.41, 5.74) is 1.02. The number of hydrogen-bond acceptors (Lipinski definition) is 5. The van der Waals surface area contributed by atoms with Crippen LogP contribution in [0.4, 0.5) is 0 Å². The largest absolute Gasteiger partial charge is 0.478 e. The lowest BCUT2D eigenvalue weighted by molar-refractivity contribution is -0.130. The van der Waals surface area contributed by atoms with Crippen molar-refractivity contribution in [3.63, 3.8) is 0 Å². The maximum atomic E-state index is 12.7. The van der Waals surface area contributed by atoms with Gasteiger partial charge in [-0.25, -0.2) is 14.6 Å². The molecule has 1 aromatic heterocycles. The molecule has 0 aliphatic rings. The number of amides is 1. The predicted molar refractivity (Wildman–Crippen MR) is 112 cm³/mol. The predicted octanol–water partition coefficient (Wildman–Crippen LogP) is 3.53. The van der Waals surface area contributed by atoms with Gasteiger partial charge in [-0.2, -0.15) is 0 Å². The van der Waals surface area contributed by atoms with Gasteiger partial charge in [-0.3, -0.25) is 4.79 Å². The number of carbonyl (C=O) groups is 3. The number of aromatic carboxylic acids is 1. The van der Waals surface area contributed by atoms with Gasteiger partial charge in [-0.05, 0) is 31.0 Å². The summed E-state index contributed by atoms with van der Waals surface area (Å²) in [5.74, 6) is -1.45. The van der Waals surface area contributed by atoms with Gasteiger partial charge in [0.1, 0.15) is 5.82 Å². The summed E-state index contributed by atoms with van der Waals surface area (Å²) in [6.45, 7) is 5.65. The Balaban J connectivity index is 2.22. The fourth-order valence-electron chi connectivity index (χ4n) is 3.09. The van der Waals surface area contributed by atoms with Crippen molar-refractivity contribution < 1.29 is 24.2 Å². The average Bonchev–Trinajstić information content (AvgIpc) is 3.20. The van der Waals surface area contributed by atoms with Crippen LogP contribution in [0.3, 0.4) is 0 Å². The van der Waals surface area contributed by atoms with E-state index in [2.05, 4.69) is 28.6 Å². The van der Waals surface area contributed by atoms with Gasteiger partial charge in [0.25, 0.3) is 0 Å². The van der Waals surface area contributed by atoms with E-state index in [1.807, 2.05) is 4.90 Å². The molecule has 0 fully saturated rings. The van der Waals surface area contributed by atoms with Crippen LogP contribution in [0.2, 0.25) is 0 Å². The summed E-state index contributed by atoms with van der Waals surface area (Å²) in [4.78, 5) is 45.3. The summed E-state index contributed by atoms with van der Waals surface area (Å²) in [6, 6.07) is 4.25. The van der Waals surface area contributed by atoms with Crippen molar-refractivity contribution in [3.8, 4) is 11.4 Å². The van der Waals surface area contributed by atoms with Crippen molar-refractivity contribution in [1.29, 1.82) is 0 Å². The van der Waals surface area contributed by atoms with Crippen LogP contribution in [0, 0.1) is 0 Å². The molecule has 1 amide bonds. The average molecular weight is 415 g/mol. The summed E-state index contributed by atoms with van der Waals surface area (Å²) in [5, 5.41) is 9.54. The molecule has 30 heavy (non-hydrogen) atoms. The zero-order valence-electron chi connectivity index (χ0n) is 17.7. The fourth-order valence-corrected chi connectivity index (χ4v) is 3.09. The van der Waals surface area contributed by atoms with Crippen LogP contribution >= 0.6 is 0 Å². The van der Waals surface area contributed by atoms with Crippen LogP contribution in [-0.2, 0) is 16.0 Å². The number of esters is 1. The van der Waals surface area contributed by atoms with Crippen LogP contribution in [0.5, 0.6) is 0 Å². The number of benzene rings is 1. The Kier molecular flexibility index (Phi) is 8.58. The van der Waals surface area contributed by atoms with Crippen molar-refractivity contribution in [1.82, 2.24) is 14.9 Å². The molecule has 2 aromatic rings. The van der Waals surface area contributed by atoms with Crippen LogP contribution < -0.4 is 0 Å². The van der Waals surface area contributed by atoms with Crippen molar-refractivity contribution >= 4 is 17.8 Å². The number of carboxylic acid groups (broad SMARTS) is 1. The van der Waals surface area contributed by atoms with Gasteiger partial charge in [-0.15, -0.1) is 0 Å². The topological polar surface area (TPSA) is 113 Å². The molecule has 0 spiro atoms. The van der Waals surface area contributed by atoms with Gasteiger partial charge in [-0.1, -0.05) is 26.7 Å². The Bertz CT molecular complexity index is 883. The number of carboxylic acids is 1. The Labute approximate surface area is 176 Å². The van der Waals surface area contributed by atoms with Crippen molar-refractivity contribution in [2.24, 2.45) is 0 Å². The molecule has 8 heteroatoms. The molecule has 0 radical (unpaired) electrons. The molecule has 162 valence electrons. The van der Waals surface area contributed by atoms with E-state index >= 15 is 0 Å². The molecule has 2 N–H and O–H groups in total. The molecule has 2 rings (SSSR count). The number of rotatable bonds is 11. The second-order valence-electron chi connectivity index (χ2n) is 7.08. The molecule has 0 saturated carbocycles. The van der Waals surface area contributed by atoms with Gasteiger partial charge in [0, 0.05) is 30.5 Å². The summed E-state index contributed by atoms with van der Waals surface area (Å²) < 4.78 is 4.65. The van der Waals surface area contributed by atoms with E-state index in [1.54, 1.807) is 6.20 Å². The van der Waals surface area contributed by atoms with E-state index in [1.165, 1.54) is 25.3 Å². The van der Waals surface area contributed by atoms with E-state index in [0.29, 0.717) is 17.1 Å². The monoisotopic (exact) mass is 415 g/mol. The number of ether oxygens (including phenoxy) is 1. The van der Waals surface area contributed by atoms with Gasteiger partial charge >= 0.3 is 11.9 Å². The van der Waals surface area contributed by atoms with E-state index < -0.39 is 11.9 Å². The standard InChI is InChI=1S/C22H29N3O5/c1-4-6-10-25(11-7-5-2)19(26)13-16-14-23-20(24-16)17-9-8-15(22(29)30-3)12-18(17)21(27)28/h8-9,12,14H,4-7,10-11,13H2,1-3H3,(H,23,24)(H,27,28). The normalized spacial score (nSPS) is 10.6. The number of nitrogens with one attached hydrogen (secondary N) is 1. The van der Waals surface area contributed by atoms with Crippen LogP contribution in [0.1, 0.15) is 65.9 Å². The SMILES string of the molecule is CCCCN(CCCC)C(=O)Cc1cnc(-c2ccc(C(=O)OC)cc2C(=O)O)[nH]1. The molecular formula is C22H29N3O5. The van der Waals surface area contributed by atoms with Gasteiger partial charge < -0.3 is 19.7 Å². The van der Waals surface area contributed by atoms with Crippen LogP contribution in [0.15, 0.2) is 24.4 Å². The Morgan fingerprint density at radius 1 is 1.13 bits per heavy atom. The minimum Gasteiger partial charge on any atom is -0.478 e. The van der Waals surface area contributed by atoms with Gasteiger partial charge in [0.05, 0.1) is 24.7 Å². The third-order valence-electron chi connectivity index (χ3n) is 4.81. The highest BCUT2D eigenvalue weighted by Crippen LogP contribution is 2.23. The number of H-pyrrole nitrogens is 1. The molecule has 0 bridgehead atoms. The lowest BCUT2D eigenvalue weighted by Crippen LogP contribution is -2.34. The first-order chi connectivity index (χ1) is 14.4. The third kappa shape index (κ3) is 5.92.